The molecule has 0 radical (unpaired) electrons. The first-order valence-electron chi connectivity index (χ1n) is 11.9. The van der Waals surface area contributed by atoms with Crippen molar-refractivity contribution in [2.45, 2.75) is 31.8 Å². The van der Waals surface area contributed by atoms with E-state index >= 15 is 0 Å². The average molecular weight is 539 g/mol. The number of nitrogens with zero attached hydrogens (tertiary/aromatic N) is 4. The largest absolute Gasteiger partial charge is 0.457 e. The lowest BCUT2D eigenvalue weighted by Gasteiger charge is -2.23. The highest BCUT2D eigenvalue weighted by Gasteiger charge is 2.39. The van der Waals surface area contributed by atoms with Gasteiger partial charge in [0.05, 0.1) is 16.6 Å². The Morgan fingerprint density at radius 1 is 1.05 bits per heavy atom. The monoisotopic (exact) mass is 538 g/mol. The Balaban J connectivity index is 1.26. The zero-order valence-corrected chi connectivity index (χ0v) is 21.4. The number of halogens is 2. The summed E-state index contributed by atoms with van der Waals surface area (Å²) in [6.07, 6.45) is 4.72. The van der Waals surface area contributed by atoms with E-state index in [1.807, 2.05) is 24.3 Å². The molecule has 190 valence electrons. The van der Waals surface area contributed by atoms with Gasteiger partial charge in [0.2, 0.25) is 5.91 Å². The number of carbonyl (C=O) groups excluding carboxylic acids is 2. The van der Waals surface area contributed by atoms with Crippen molar-refractivity contribution in [3.05, 3.63) is 93.7 Å². The summed E-state index contributed by atoms with van der Waals surface area (Å²) >= 11 is 7.62. The summed E-state index contributed by atoms with van der Waals surface area (Å²) in [5, 5.41) is 7.65. The molecule has 1 fully saturated rings. The lowest BCUT2D eigenvalue weighted by molar-refractivity contribution is -0.138. The first kappa shape index (κ1) is 25.1. The van der Waals surface area contributed by atoms with Crippen molar-refractivity contribution in [1.29, 1.82) is 0 Å². The Bertz CT molecular complexity index is 1360. The van der Waals surface area contributed by atoms with Gasteiger partial charge in [0.15, 0.2) is 5.78 Å². The molecule has 1 aliphatic heterocycles. The molecule has 0 spiro atoms. The summed E-state index contributed by atoms with van der Waals surface area (Å²) in [7, 11) is 0. The molecule has 3 heterocycles. The molecular weight excluding hydrogens is 515 g/mol. The number of aromatic nitrogens is 3. The Morgan fingerprint density at radius 3 is 2.43 bits per heavy atom. The molecule has 0 aliphatic carbocycles. The number of hydrogen-bond donors (Lipinski definition) is 0. The molecule has 2 aromatic carbocycles. The van der Waals surface area contributed by atoms with E-state index in [-0.39, 0.29) is 36.4 Å². The topological polar surface area (TPSA) is 77.3 Å². The van der Waals surface area contributed by atoms with Gasteiger partial charge in [-0.2, -0.15) is 0 Å². The summed E-state index contributed by atoms with van der Waals surface area (Å²) < 4.78 is 21.0. The molecule has 10 heteroatoms. The van der Waals surface area contributed by atoms with Crippen LogP contribution < -0.4 is 4.74 Å². The fourth-order valence-electron chi connectivity index (χ4n) is 4.58. The zero-order chi connectivity index (χ0) is 25.8. The minimum absolute atomic E-state index is 0.00847. The molecule has 37 heavy (non-hydrogen) atoms. The van der Waals surface area contributed by atoms with Gasteiger partial charge < -0.3 is 9.64 Å². The van der Waals surface area contributed by atoms with Crippen LogP contribution in [0.15, 0.2) is 73.1 Å². The van der Waals surface area contributed by atoms with Gasteiger partial charge in [0.25, 0.3) is 0 Å². The van der Waals surface area contributed by atoms with Crippen LogP contribution in [0.1, 0.15) is 16.9 Å². The number of thiophene rings is 1. The van der Waals surface area contributed by atoms with Gasteiger partial charge in [-0.1, -0.05) is 28.9 Å². The van der Waals surface area contributed by atoms with Crippen LogP contribution in [-0.2, 0) is 29.0 Å². The van der Waals surface area contributed by atoms with Gasteiger partial charge >= 0.3 is 0 Å². The predicted octanol–water partition coefficient (Wildman–Crippen LogP) is 5.20. The first-order chi connectivity index (χ1) is 17.9. The van der Waals surface area contributed by atoms with Crippen molar-refractivity contribution < 1.29 is 18.7 Å². The van der Waals surface area contributed by atoms with Crippen molar-refractivity contribution >= 4 is 34.6 Å². The van der Waals surface area contributed by atoms with E-state index in [1.165, 1.54) is 34.3 Å². The molecule has 0 bridgehead atoms. The highest BCUT2D eigenvalue weighted by molar-refractivity contribution is 7.16. The predicted molar refractivity (Wildman–Crippen MR) is 138 cm³/mol. The molecule has 4 aromatic rings. The van der Waals surface area contributed by atoms with Crippen LogP contribution in [0.2, 0.25) is 4.34 Å². The second-order valence-corrected chi connectivity index (χ2v) is 10.8. The number of likely N-dealkylation sites (tertiary alicyclic amines) is 1. The quantitative estimate of drug-likeness (QED) is 0.293. The normalized spacial score (nSPS) is 17.2. The zero-order valence-electron chi connectivity index (χ0n) is 19.8. The number of carbonyl (C=O) groups is 2. The van der Waals surface area contributed by atoms with E-state index < -0.39 is 6.04 Å². The van der Waals surface area contributed by atoms with Gasteiger partial charge in [-0.15, -0.1) is 16.4 Å². The lowest BCUT2D eigenvalue weighted by atomic mass is 9.96. The van der Waals surface area contributed by atoms with Crippen LogP contribution in [0, 0.1) is 11.7 Å². The van der Waals surface area contributed by atoms with E-state index in [1.54, 1.807) is 35.4 Å². The molecule has 5 rings (SSSR count). The van der Waals surface area contributed by atoms with E-state index in [0.717, 1.165) is 21.2 Å². The summed E-state index contributed by atoms with van der Waals surface area (Å²) in [4.78, 5) is 29.4. The Hall–Kier alpha value is -3.56. The minimum atomic E-state index is -0.508. The number of benzene rings is 2. The molecule has 1 saturated heterocycles. The standard InChI is InChI=1S/C27H24ClFN4O3S/c28-26-10-9-23(37-26)13-19-14-24(33(16-19)27(35)17-32-12-11-30-31-32)25(34)15-18-1-5-21(6-2-18)36-22-7-3-20(29)4-8-22/h1-12,19,24H,13-17H2/t19-,24+/m1/s1. The van der Waals surface area contributed by atoms with Crippen molar-refractivity contribution in [3.8, 4) is 11.5 Å². The molecule has 1 aliphatic rings. The fourth-order valence-corrected chi connectivity index (χ4v) is 5.78. The van der Waals surface area contributed by atoms with Crippen LogP contribution in [0.25, 0.3) is 0 Å². The molecule has 1 amide bonds. The van der Waals surface area contributed by atoms with Crippen molar-refractivity contribution in [1.82, 2.24) is 19.9 Å². The molecule has 0 saturated carbocycles. The lowest BCUT2D eigenvalue weighted by Crippen LogP contribution is -2.42. The highest BCUT2D eigenvalue weighted by atomic mass is 35.5. The third-order valence-electron chi connectivity index (χ3n) is 6.32. The fraction of sp³-hybridized carbons (Fsp3) is 0.259. The number of ketones is 1. The number of amides is 1. The highest BCUT2D eigenvalue weighted by Crippen LogP contribution is 2.32. The van der Waals surface area contributed by atoms with Crippen LogP contribution in [0.4, 0.5) is 4.39 Å². The van der Waals surface area contributed by atoms with E-state index in [2.05, 4.69) is 10.3 Å². The Morgan fingerprint density at radius 2 is 1.78 bits per heavy atom. The van der Waals surface area contributed by atoms with Crippen LogP contribution >= 0.6 is 22.9 Å². The van der Waals surface area contributed by atoms with Crippen molar-refractivity contribution in [3.63, 3.8) is 0 Å². The van der Waals surface area contributed by atoms with Gasteiger partial charge in [0, 0.05) is 24.0 Å². The number of rotatable bonds is 9. The molecule has 0 N–H and O–H groups in total. The van der Waals surface area contributed by atoms with Gasteiger partial charge in [-0.25, -0.2) is 9.07 Å². The summed E-state index contributed by atoms with van der Waals surface area (Å²) in [6, 6.07) is 16.4. The molecule has 0 unspecified atom stereocenters. The first-order valence-corrected chi connectivity index (χ1v) is 13.1. The molecule has 2 aromatic heterocycles. The second-order valence-electron chi connectivity index (χ2n) is 9.02. The van der Waals surface area contributed by atoms with Gasteiger partial charge in [-0.3, -0.25) is 9.59 Å². The average Bonchev–Trinajstić information content (AvgIpc) is 3.64. The summed E-state index contributed by atoms with van der Waals surface area (Å²) in [5.41, 5.74) is 0.827. The summed E-state index contributed by atoms with van der Waals surface area (Å²) in [5.74, 6) is 0.779. The SMILES string of the molecule is O=C(Cc1ccc(Oc2ccc(F)cc2)cc1)[C@@H]1C[C@@H](Cc2ccc(Cl)s2)CN1C(=O)Cn1ccnn1. The van der Waals surface area contributed by atoms with Crippen molar-refractivity contribution in [2.75, 3.05) is 6.54 Å². The summed E-state index contributed by atoms with van der Waals surface area (Å²) in [6.45, 7) is 0.542. The second kappa shape index (κ2) is 11.2. The third-order valence-corrected chi connectivity index (χ3v) is 7.57. The van der Waals surface area contributed by atoms with Crippen molar-refractivity contribution in [2.24, 2.45) is 5.92 Å². The van der Waals surface area contributed by atoms with Gasteiger partial charge in [0.1, 0.15) is 23.9 Å². The van der Waals surface area contributed by atoms with E-state index in [4.69, 9.17) is 16.3 Å². The Labute approximate surface area is 222 Å². The van der Waals surface area contributed by atoms with E-state index in [0.29, 0.717) is 24.5 Å². The number of ether oxygens (including phenoxy) is 1. The van der Waals surface area contributed by atoms with Crippen LogP contribution in [-0.4, -0.2) is 44.2 Å². The van der Waals surface area contributed by atoms with Gasteiger partial charge in [-0.05, 0) is 72.9 Å². The maximum atomic E-state index is 13.4. The van der Waals surface area contributed by atoms with Crippen LogP contribution in [0.5, 0.6) is 11.5 Å². The number of hydrogen-bond acceptors (Lipinski definition) is 6. The minimum Gasteiger partial charge on any atom is -0.457 e. The van der Waals surface area contributed by atoms with Crippen LogP contribution in [0.3, 0.4) is 0 Å². The smallest absolute Gasteiger partial charge is 0.244 e. The Kier molecular flexibility index (Phi) is 7.62. The molecule has 2 atom stereocenters. The molecular formula is C27H24ClFN4O3S. The van der Waals surface area contributed by atoms with E-state index in [9.17, 15) is 14.0 Å². The number of Topliss-reactive ketones (excluding diaryl/α,β-unsaturated/α-hetero) is 1. The third kappa shape index (κ3) is 6.42. The molecule has 7 nitrogen and oxygen atoms in total. The maximum Gasteiger partial charge on any atom is 0.244 e. The maximum absolute atomic E-state index is 13.4.